The maximum Gasteiger partial charge on any atom is 0.227 e. The number of oxime groups is 1. The Balaban J connectivity index is 2.39. The van der Waals surface area contributed by atoms with Gasteiger partial charge in [-0.15, -0.1) is 0 Å². The lowest BCUT2D eigenvalue weighted by Crippen LogP contribution is -2.38. The van der Waals surface area contributed by atoms with Crippen molar-refractivity contribution in [2.45, 2.75) is 26.7 Å². The van der Waals surface area contributed by atoms with Crippen molar-refractivity contribution in [3.05, 3.63) is 28.8 Å². The van der Waals surface area contributed by atoms with Crippen LogP contribution in [0.1, 0.15) is 32.3 Å². The van der Waals surface area contributed by atoms with Crippen LogP contribution in [0, 0.1) is 5.92 Å². The van der Waals surface area contributed by atoms with E-state index in [1.807, 2.05) is 13.8 Å². The molecule has 0 radical (unpaired) electrons. The Bertz CT molecular complexity index is 526. The number of nitrogens with zero attached hydrogens (tertiary/aromatic N) is 2. The van der Waals surface area contributed by atoms with Gasteiger partial charge >= 0.3 is 0 Å². The molecule has 1 aliphatic rings. The summed E-state index contributed by atoms with van der Waals surface area (Å²) in [7, 11) is 0. The molecule has 1 N–H and O–H groups in total. The first kappa shape index (κ1) is 13.9. The highest BCUT2D eigenvalue weighted by atomic mass is 35.5. The molecule has 1 aliphatic heterocycles. The summed E-state index contributed by atoms with van der Waals surface area (Å²) in [6.45, 7) is 4.58. The van der Waals surface area contributed by atoms with E-state index >= 15 is 0 Å². The zero-order chi connectivity index (χ0) is 14.0. The van der Waals surface area contributed by atoms with Gasteiger partial charge in [0.25, 0.3) is 0 Å². The van der Waals surface area contributed by atoms with Gasteiger partial charge in [-0.1, -0.05) is 30.6 Å². The predicted octanol–water partition coefficient (Wildman–Crippen LogP) is 3.30. The van der Waals surface area contributed by atoms with Crippen LogP contribution in [0.15, 0.2) is 23.4 Å². The Kier molecular flexibility index (Phi) is 4.10. The van der Waals surface area contributed by atoms with Crippen molar-refractivity contribution >= 4 is 28.9 Å². The number of hydrogen-bond donors (Lipinski definition) is 1. The fraction of sp³-hybridized carbons (Fsp3) is 0.429. The second-order valence-electron chi connectivity index (χ2n) is 5.10. The predicted molar refractivity (Wildman–Crippen MR) is 76.2 cm³/mol. The summed E-state index contributed by atoms with van der Waals surface area (Å²) < 4.78 is 0. The van der Waals surface area contributed by atoms with Gasteiger partial charge in [-0.2, -0.15) is 0 Å². The number of carbonyl (C=O) groups excluding carboxylic acids is 1. The molecule has 2 rings (SSSR count). The third-order valence-electron chi connectivity index (χ3n) is 3.14. The second-order valence-corrected chi connectivity index (χ2v) is 5.54. The van der Waals surface area contributed by atoms with Crippen LogP contribution in [0.3, 0.4) is 0 Å². The van der Waals surface area contributed by atoms with E-state index in [2.05, 4.69) is 5.16 Å². The number of anilines is 1. The van der Waals surface area contributed by atoms with E-state index in [0.717, 1.165) is 11.3 Å². The van der Waals surface area contributed by atoms with E-state index in [0.29, 0.717) is 36.0 Å². The highest BCUT2D eigenvalue weighted by Crippen LogP contribution is 2.30. The van der Waals surface area contributed by atoms with E-state index < -0.39 is 0 Å². The third kappa shape index (κ3) is 2.89. The van der Waals surface area contributed by atoms with Crippen LogP contribution in [0.25, 0.3) is 0 Å². The molecule has 0 spiro atoms. The summed E-state index contributed by atoms with van der Waals surface area (Å²) >= 11 is 5.97. The normalized spacial score (nSPS) is 16.8. The smallest absolute Gasteiger partial charge is 0.227 e. The highest BCUT2D eigenvalue weighted by molar-refractivity contribution is 6.31. The number of benzene rings is 1. The van der Waals surface area contributed by atoms with Gasteiger partial charge in [-0.3, -0.25) is 4.79 Å². The van der Waals surface area contributed by atoms with E-state index in [-0.39, 0.29) is 5.91 Å². The topological polar surface area (TPSA) is 52.9 Å². The Morgan fingerprint density at radius 2 is 2.26 bits per heavy atom. The molecule has 19 heavy (non-hydrogen) atoms. The SMILES string of the molecule is CC(C)CC(=O)N1CC/C(=N/O)c2cc(Cl)ccc21. The lowest BCUT2D eigenvalue weighted by molar-refractivity contribution is -0.119. The molecule has 5 heteroatoms. The molecule has 0 fully saturated rings. The van der Waals surface area contributed by atoms with Crippen LogP contribution in [0.4, 0.5) is 5.69 Å². The summed E-state index contributed by atoms with van der Waals surface area (Å²) in [5.74, 6) is 0.409. The maximum atomic E-state index is 12.2. The Hall–Kier alpha value is -1.55. The van der Waals surface area contributed by atoms with E-state index in [1.165, 1.54) is 0 Å². The van der Waals surface area contributed by atoms with Gasteiger partial charge in [0.15, 0.2) is 0 Å². The van der Waals surface area contributed by atoms with Gasteiger partial charge in [0, 0.05) is 30.0 Å². The monoisotopic (exact) mass is 280 g/mol. The van der Waals surface area contributed by atoms with Crippen molar-refractivity contribution in [2.24, 2.45) is 11.1 Å². The highest BCUT2D eigenvalue weighted by Gasteiger charge is 2.26. The molecular formula is C14H17ClN2O2. The minimum absolute atomic E-state index is 0.0931. The first-order valence-corrected chi connectivity index (χ1v) is 6.72. The van der Waals surface area contributed by atoms with Crippen molar-refractivity contribution in [1.82, 2.24) is 0 Å². The fourth-order valence-corrected chi connectivity index (χ4v) is 2.44. The van der Waals surface area contributed by atoms with Crippen LogP contribution in [-0.4, -0.2) is 23.4 Å². The fourth-order valence-electron chi connectivity index (χ4n) is 2.27. The zero-order valence-corrected chi connectivity index (χ0v) is 11.8. The van der Waals surface area contributed by atoms with Crippen LogP contribution >= 0.6 is 11.6 Å². The summed E-state index contributed by atoms with van der Waals surface area (Å²) in [4.78, 5) is 14.0. The molecule has 0 bridgehead atoms. The van der Waals surface area contributed by atoms with E-state index in [9.17, 15) is 4.79 Å². The number of carbonyl (C=O) groups is 1. The largest absolute Gasteiger partial charge is 0.411 e. The van der Waals surface area contributed by atoms with Crippen molar-refractivity contribution < 1.29 is 10.0 Å². The van der Waals surface area contributed by atoms with Gasteiger partial charge in [0.2, 0.25) is 5.91 Å². The second kappa shape index (κ2) is 5.61. The Labute approximate surface area is 117 Å². The quantitative estimate of drug-likeness (QED) is 0.667. The molecule has 0 saturated heterocycles. The molecule has 0 atom stereocenters. The number of rotatable bonds is 2. The Morgan fingerprint density at radius 1 is 1.53 bits per heavy atom. The van der Waals surface area contributed by atoms with Crippen molar-refractivity contribution in [1.29, 1.82) is 0 Å². The average molecular weight is 281 g/mol. The number of hydrogen-bond acceptors (Lipinski definition) is 3. The molecule has 1 aromatic rings. The zero-order valence-electron chi connectivity index (χ0n) is 11.1. The number of halogens is 1. The molecule has 0 aliphatic carbocycles. The van der Waals surface area contributed by atoms with Crippen LogP contribution < -0.4 is 4.90 Å². The first-order valence-electron chi connectivity index (χ1n) is 6.34. The van der Waals surface area contributed by atoms with Crippen LogP contribution in [0.2, 0.25) is 5.02 Å². The van der Waals surface area contributed by atoms with Crippen molar-refractivity contribution in [3.8, 4) is 0 Å². The Morgan fingerprint density at radius 3 is 2.89 bits per heavy atom. The molecule has 0 aromatic heterocycles. The van der Waals surface area contributed by atoms with E-state index in [1.54, 1.807) is 23.1 Å². The minimum atomic E-state index is 0.0931. The summed E-state index contributed by atoms with van der Waals surface area (Å²) in [5.41, 5.74) is 2.08. The van der Waals surface area contributed by atoms with Gasteiger partial charge in [-0.05, 0) is 24.1 Å². The number of fused-ring (bicyclic) bond motifs is 1. The molecule has 4 nitrogen and oxygen atoms in total. The van der Waals surface area contributed by atoms with E-state index in [4.69, 9.17) is 16.8 Å². The molecular weight excluding hydrogens is 264 g/mol. The molecule has 0 saturated carbocycles. The molecule has 102 valence electrons. The maximum absolute atomic E-state index is 12.2. The standard InChI is InChI=1S/C14H17ClN2O2/c1-9(2)7-14(18)17-6-5-12(16-19)11-8-10(15)3-4-13(11)17/h3-4,8-9,19H,5-7H2,1-2H3/b16-12-. The van der Waals surface area contributed by atoms with Gasteiger partial charge in [-0.25, -0.2) is 0 Å². The minimum Gasteiger partial charge on any atom is -0.411 e. The summed E-state index contributed by atoms with van der Waals surface area (Å²) in [5, 5.41) is 12.9. The van der Waals surface area contributed by atoms with Crippen molar-refractivity contribution in [2.75, 3.05) is 11.4 Å². The van der Waals surface area contributed by atoms with Gasteiger partial charge < -0.3 is 10.1 Å². The average Bonchev–Trinajstić information content (AvgIpc) is 2.36. The molecule has 0 unspecified atom stereocenters. The summed E-state index contributed by atoms with van der Waals surface area (Å²) in [6.07, 6.45) is 1.04. The first-order chi connectivity index (χ1) is 9.02. The van der Waals surface area contributed by atoms with Gasteiger partial charge in [0.1, 0.15) is 0 Å². The third-order valence-corrected chi connectivity index (χ3v) is 3.37. The lowest BCUT2D eigenvalue weighted by Gasteiger charge is -2.30. The van der Waals surface area contributed by atoms with Crippen molar-refractivity contribution in [3.63, 3.8) is 0 Å². The molecule has 1 heterocycles. The van der Waals surface area contributed by atoms with Gasteiger partial charge in [0.05, 0.1) is 11.4 Å². The number of amides is 1. The lowest BCUT2D eigenvalue weighted by atomic mass is 9.98. The molecule has 1 amide bonds. The molecule has 1 aromatic carbocycles. The summed E-state index contributed by atoms with van der Waals surface area (Å²) in [6, 6.07) is 5.29. The van der Waals surface area contributed by atoms with Crippen LogP contribution in [-0.2, 0) is 4.79 Å². The van der Waals surface area contributed by atoms with Crippen LogP contribution in [0.5, 0.6) is 0 Å².